The molecule has 0 amide bonds. The summed E-state index contributed by atoms with van der Waals surface area (Å²) < 4.78 is 7.96. The van der Waals surface area contributed by atoms with Gasteiger partial charge in [0.1, 0.15) is 5.82 Å². The molecule has 1 aliphatic heterocycles. The zero-order chi connectivity index (χ0) is 13.5. The summed E-state index contributed by atoms with van der Waals surface area (Å²) in [5.41, 5.74) is 0. The van der Waals surface area contributed by atoms with Gasteiger partial charge in [-0.3, -0.25) is 0 Å². The number of ether oxygens (including phenoxy) is 1. The molecule has 1 N–H and O–H groups in total. The predicted molar refractivity (Wildman–Crippen MR) is 77.1 cm³/mol. The smallest absolute Gasteiger partial charge is 0.126 e. The average Bonchev–Trinajstić information content (AvgIpc) is 2.89. The van der Waals surface area contributed by atoms with Gasteiger partial charge in [-0.25, -0.2) is 4.98 Å². The summed E-state index contributed by atoms with van der Waals surface area (Å²) in [6, 6.07) is 0.335. The second-order valence-corrected chi connectivity index (χ2v) is 5.39. The van der Waals surface area contributed by atoms with E-state index in [0.29, 0.717) is 12.0 Å². The van der Waals surface area contributed by atoms with E-state index in [9.17, 15) is 0 Å². The summed E-state index contributed by atoms with van der Waals surface area (Å²) in [7, 11) is 0. The number of imidazole rings is 1. The molecule has 2 unspecified atom stereocenters. The lowest BCUT2D eigenvalue weighted by molar-refractivity contribution is 0.0371. The first-order chi connectivity index (χ1) is 9.36. The van der Waals surface area contributed by atoms with Crippen LogP contribution >= 0.6 is 0 Å². The highest BCUT2D eigenvalue weighted by atomic mass is 16.5. The van der Waals surface area contributed by atoms with Gasteiger partial charge < -0.3 is 14.6 Å². The van der Waals surface area contributed by atoms with Gasteiger partial charge in [-0.1, -0.05) is 13.8 Å². The Kier molecular flexibility index (Phi) is 5.86. The molecule has 0 aromatic carbocycles. The number of hydrogen-bond acceptors (Lipinski definition) is 3. The van der Waals surface area contributed by atoms with Crippen LogP contribution in [0.3, 0.4) is 0 Å². The number of nitrogens with zero attached hydrogens (tertiary/aromatic N) is 2. The highest BCUT2D eigenvalue weighted by Crippen LogP contribution is 2.28. The molecule has 0 bridgehead atoms. The van der Waals surface area contributed by atoms with Crippen molar-refractivity contribution in [2.45, 2.75) is 52.1 Å². The van der Waals surface area contributed by atoms with Crippen molar-refractivity contribution >= 4 is 0 Å². The molecule has 1 aliphatic rings. The monoisotopic (exact) mass is 265 g/mol. The van der Waals surface area contributed by atoms with Crippen molar-refractivity contribution in [2.75, 3.05) is 19.8 Å². The predicted octanol–water partition coefficient (Wildman–Crippen LogP) is 2.76. The summed E-state index contributed by atoms with van der Waals surface area (Å²) >= 11 is 0. The van der Waals surface area contributed by atoms with E-state index >= 15 is 0 Å². The second kappa shape index (κ2) is 7.65. The molecule has 1 aromatic heterocycles. The van der Waals surface area contributed by atoms with Crippen molar-refractivity contribution in [3.05, 3.63) is 18.2 Å². The number of rotatable bonds is 7. The van der Waals surface area contributed by atoms with Gasteiger partial charge in [0.2, 0.25) is 0 Å². The first kappa shape index (κ1) is 14.5. The van der Waals surface area contributed by atoms with Crippen molar-refractivity contribution in [1.82, 2.24) is 14.9 Å². The van der Waals surface area contributed by atoms with Gasteiger partial charge >= 0.3 is 0 Å². The maximum atomic E-state index is 5.66. The van der Waals surface area contributed by atoms with Gasteiger partial charge in [0.25, 0.3) is 0 Å². The van der Waals surface area contributed by atoms with Crippen molar-refractivity contribution in [3.8, 4) is 0 Å². The molecule has 2 rings (SSSR count). The van der Waals surface area contributed by atoms with Crippen LogP contribution in [0.1, 0.15) is 51.4 Å². The zero-order valence-electron chi connectivity index (χ0n) is 12.3. The lowest BCUT2D eigenvalue weighted by Gasteiger charge is -2.31. The molecular formula is C15H27N3O. The summed E-state index contributed by atoms with van der Waals surface area (Å²) in [5, 5.41) is 3.68. The Morgan fingerprint density at radius 3 is 3.05 bits per heavy atom. The second-order valence-electron chi connectivity index (χ2n) is 5.39. The topological polar surface area (TPSA) is 39.1 Å². The molecule has 1 aromatic rings. The lowest BCUT2D eigenvalue weighted by Crippen LogP contribution is -2.35. The summed E-state index contributed by atoms with van der Waals surface area (Å²) in [6.07, 6.45) is 8.73. The maximum absolute atomic E-state index is 5.66. The minimum Gasteiger partial charge on any atom is -0.381 e. The molecule has 108 valence electrons. The fraction of sp³-hybridized carbons (Fsp3) is 0.800. The van der Waals surface area contributed by atoms with Crippen LogP contribution in [0.4, 0.5) is 0 Å². The van der Waals surface area contributed by atoms with Gasteiger partial charge in [0.15, 0.2) is 0 Å². The van der Waals surface area contributed by atoms with Crippen molar-refractivity contribution < 1.29 is 4.74 Å². The van der Waals surface area contributed by atoms with Crippen LogP contribution in [-0.2, 0) is 11.3 Å². The van der Waals surface area contributed by atoms with Gasteiger partial charge in [0, 0.05) is 31.5 Å². The van der Waals surface area contributed by atoms with Gasteiger partial charge in [-0.2, -0.15) is 0 Å². The minimum atomic E-state index is 0.335. The molecule has 0 spiro atoms. The van der Waals surface area contributed by atoms with E-state index in [4.69, 9.17) is 4.74 Å². The fourth-order valence-electron chi connectivity index (χ4n) is 2.83. The minimum absolute atomic E-state index is 0.335. The third kappa shape index (κ3) is 3.80. The third-order valence-corrected chi connectivity index (χ3v) is 3.77. The van der Waals surface area contributed by atoms with Crippen LogP contribution in [0.25, 0.3) is 0 Å². The number of aromatic nitrogens is 2. The molecule has 0 radical (unpaired) electrons. The van der Waals surface area contributed by atoms with Crippen molar-refractivity contribution in [3.63, 3.8) is 0 Å². The van der Waals surface area contributed by atoms with Crippen molar-refractivity contribution in [2.24, 2.45) is 5.92 Å². The molecule has 0 aliphatic carbocycles. The molecule has 2 heterocycles. The Balaban J connectivity index is 2.12. The van der Waals surface area contributed by atoms with Crippen LogP contribution < -0.4 is 5.32 Å². The fourth-order valence-corrected chi connectivity index (χ4v) is 2.83. The quantitative estimate of drug-likeness (QED) is 0.824. The highest BCUT2D eigenvalue weighted by molar-refractivity contribution is 5.02. The van der Waals surface area contributed by atoms with Crippen LogP contribution in [-0.4, -0.2) is 29.3 Å². The van der Waals surface area contributed by atoms with Crippen LogP contribution in [0.2, 0.25) is 0 Å². The van der Waals surface area contributed by atoms with E-state index in [1.54, 1.807) is 0 Å². The van der Waals surface area contributed by atoms with Crippen LogP contribution in [0.15, 0.2) is 12.4 Å². The molecule has 4 nitrogen and oxygen atoms in total. The summed E-state index contributed by atoms with van der Waals surface area (Å²) in [5.74, 6) is 1.74. The van der Waals surface area contributed by atoms with E-state index in [1.807, 2.05) is 6.20 Å². The largest absolute Gasteiger partial charge is 0.381 e. The normalized spacial score (nSPS) is 21.5. The summed E-state index contributed by atoms with van der Waals surface area (Å²) in [4.78, 5) is 4.61. The first-order valence-corrected chi connectivity index (χ1v) is 7.69. The molecule has 4 heteroatoms. The number of hydrogen-bond donors (Lipinski definition) is 1. The third-order valence-electron chi connectivity index (χ3n) is 3.77. The van der Waals surface area contributed by atoms with E-state index in [0.717, 1.165) is 39.1 Å². The molecule has 1 fully saturated rings. The Bertz CT molecular complexity index is 358. The van der Waals surface area contributed by atoms with E-state index in [1.165, 1.54) is 18.7 Å². The SMILES string of the molecule is CCCNC(c1nccn1CCC)C1CCCOC1. The average molecular weight is 265 g/mol. The van der Waals surface area contributed by atoms with Gasteiger partial charge in [0.05, 0.1) is 12.6 Å². The van der Waals surface area contributed by atoms with Crippen molar-refractivity contribution in [1.29, 1.82) is 0 Å². The summed E-state index contributed by atoms with van der Waals surface area (Å²) in [6.45, 7) is 8.29. The van der Waals surface area contributed by atoms with E-state index < -0.39 is 0 Å². The zero-order valence-corrected chi connectivity index (χ0v) is 12.3. The molecule has 0 saturated carbocycles. The number of nitrogens with one attached hydrogen (secondary N) is 1. The van der Waals surface area contributed by atoms with E-state index in [2.05, 4.69) is 34.9 Å². The van der Waals surface area contributed by atoms with Gasteiger partial charge in [-0.15, -0.1) is 0 Å². The van der Waals surface area contributed by atoms with Crippen LogP contribution in [0, 0.1) is 5.92 Å². The Hall–Kier alpha value is -0.870. The number of aryl methyl sites for hydroxylation is 1. The Morgan fingerprint density at radius 1 is 1.47 bits per heavy atom. The van der Waals surface area contributed by atoms with Crippen LogP contribution in [0.5, 0.6) is 0 Å². The molecule has 19 heavy (non-hydrogen) atoms. The first-order valence-electron chi connectivity index (χ1n) is 7.69. The van der Waals surface area contributed by atoms with E-state index in [-0.39, 0.29) is 0 Å². The highest BCUT2D eigenvalue weighted by Gasteiger charge is 2.28. The lowest BCUT2D eigenvalue weighted by atomic mass is 9.93. The standard InChI is InChI=1S/C15H27N3O/c1-3-7-16-14(13-6-5-11-19-12-13)15-17-8-10-18(15)9-4-2/h8,10,13-14,16H,3-7,9,11-12H2,1-2H3. The molecular weight excluding hydrogens is 238 g/mol. The molecule has 2 atom stereocenters. The molecule has 1 saturated heterocycles. The Morgan fingerprint density at radius 2 is 2.37 bits per heavy atom. The van der Waals surface area contributed by atoms with Gasteiger partial charge in [-0.05, 0) is 32.2 Å². The Labute approximate surface area is 116 Å². The maximum Gasteiger partial charge on any atom is 0.126 e.